The largest absolute Gasteiger partial charge is 0.487 e. The van der Waals surface area contributed by atoms with E-state index in [0.29, 0.717) is 28.1 Å². The average molecular weight is 355 g/mol. The molecule has 1 aromatic heterocycles. The van der Waals surface area contributed by atoms with Gasteiger partial charge in [-0.2, -0.15) is 0 Å². The minimum absolute atomic E-state index is 0.138. The SMILES string of the molecule is CC(CNC(=O)COc1ccc(Cl)cc1Cl)Oc1cccnc1. The third kappa shape index (κ3) is 5.96. The van der Waals surface area contributed by atoms with Gasteiger partial charge in [0, 0.05) is 11.2 Å². The first-order valence-electron chi connectivity index (χ1n) is 6.96. The molecule has 0 saturated heterocycles. The normalized spacial score (nSPS) is 11.6. The zero-order valence-electron chi connectivity index (χ0n) is 12.5. The summed E-state index contributed by atoms with van der Waals surface area (Å²) in [4.78, 5) is 15.7. The number of rotatable bonds is 7. The molecule has 1 unspecified atom stereocenters. The fourth-order valence-electron chi connectivity index (χ4n) is 1.73. The molecule has 0 aliphatic rings. The highest BCUT2D eigenvalue weighted by atomic mass is 35.5. The molecule has 122 valence electrons. The first-order valence-corrected chi connectivity index (χ1v) is 7.71. The Kier molecular flexibility index (Phi) is 6.50. The number of carbonyl (C=O) groups excluding carboxylic acids is 1. The van der Waals surface area contributed by atoms with Crippen LogP contribution in [0.3, 0.4) is 0 Å². The van der Waals surface area contributed by atoms with Crippen LogP contribution < -0.4 is 14.8 Å². The van der Waals surface area contributed by atoms with E-state index in [1.807, 2.05) is 6.92 Å². The first-order chi connectivity index (χ1) is 11.0. The molecule has 1 heterocycles. The van der Waals surface area contributed by atoms with Crippen LogP contribution in [0.1, 0.15) is 6.92 Å². The molecule has 0 aliphatic heterocycles. The summed E-state index contributed by atoms with van der Waals surface area (Å²) in [5.74, 6) is 0.793. The number of amides is 1. The lowest BCUT2D eigenvalue weighted by molar-refractivity contribution is -0.123. The van der Waals surface area contributed by atoms with E-state index in [1.54, 1.807) is 42.7 Å². The topological polar surface area (TPSA) is 60.5 Å². The number of ether oxygens (including phenoxy) is 2. The molecule has 0 saturated carbocycles. The van der Waals surface area contributed by atoms with Gasteiger partial charge in [0.25, 0.3) is 5.91 Å². The van der Waals surface area contributed by atoms with E-state index < -0.39 is 0 Å². The second kappa shape index (κ2) is 8.60. The number of benzene rings is 1. The standard InChI is InChI=1S/C16H16Cl2N2O3/c1-11(23-13-3-2-6-19-9-13)8-20-16(21)10-22-15-5-4-12(17)7-14(15)18/h2-7,9,11H,8,10H2,1H3,(H,20,21). The zero-order chi connectivity index (χ0) is 16.7. The van der Waals surface area contributed by atoms with Gasteiger partial charge in [0.05, 0.1) is 17.8 Å². The van der Waals surface area contributed by atoms with Crippen molar-refractivity contribution in [2.24, 2.45) is 0 Å². The van der Waals surface area contributed by atoms with Gasteiger partial charge in [0.1, 0.15) is 17.6 Å². The summed E-state index contributed by atoms with van der Waals surface area (Å²) in [7, 11) is 0. The van der Waals surface area contributed by atoms with Crippen LogP contribution in [-0.4, -0.2) is 30.1 Å². The molecule has 1 N–H and O–H groups in total. The number of hydrogen-bond donors (Lipinski definition) is 1. The maximum Gasteiger partial charge on any atom is 0.258 e. The Morgan fingerprint density at radius 2 is 2.17 bits per heavy atom. The Morgan fingerprint density at radius 3 is 2.87 bits per heavy atom. The predicted molar refractivity (Wildman–Crippen MR) is 89.3 cm³/mol. The molecule has 7 heteroatoms. The van der Waals surface area contributed by atoms with Gasteiger partial charge in [-0.3, -0.25) is 9.78 Å². The van der Waals surface area contributed by atoms with Crippen LogP contribution >= 0.6 is 23.2 Å². The summed E-state index contributed by atoms with van der Waals surface area (Å²) in [5.41, 5.74) is 0. The molecule has 1 aromatic carbocycles. The number of carbonyl (C=O) groups is 1. The van der Waals surface area contributed by atoms with E-state index in [9.17, 15) is 4.79 Å². The van der Waals surface area contributed by atoms with Crippen LogP contribution in [-0.2, 0) is 4.79 Å². The van der Waals surface area contributed by atoms with E-state index in [-0.39, 0.29) is 18.6 Å². The van der Waals surface area contributed by atoms with Crippen LogP contribution in [0.2, 0.25) is 10.0 Å². The van der Waals surface area contributed by atoms with Gasteiger partial charge in [-0.1, -0.05) is 23.2 Å². The Balaban J connectivity index is 1.72. The average Bonchev–Trinajstić information content (AvgIpc) is 2.53. The minimum Gasteiger partial charge on any atom is -0.487 e. The van der Waals surface area contributed by atoms with Crippen LogP contribution in [0.4, 0.5) is 0 Å². The minimum atomic E-state index is -0.266. The number of halogens is 2. The second-order valence-electron chi connectivity index (χ2n) is 4.78. The monoisotopic (exact) mass is 354 g/mol. The molecule has 1 amide bonds. The molecule has 0 fully saturated rings. The quantitative estimate of drug-likeness (QED) is 0.828. The number of nitrogens with one attached hydrogen (secondary N) is 1. The van der Waals surface area contributed by atoms with E-state index in [0.717, 1.165) is 0 Å². The molecule has 5 nitrogen and oxygen atoms in total. The van der Waals surface area contributed by atoms with Gasteiger partial charge >= 0.3 is 0 Å². The van der Waals surface area contributed by atoms with Crippen molar-refractivity contribution in [3.05, 3.63) is 52.8 Å². The third-order valence-electron chi connectivity index (χ3n) is 2.81. The van der Waals surface area contributed by atoms with Gasteiger partial charge in [-0.05, 0) is 37.3 Å². The molecular formula is C16H16Cl2N2O3. The van der Waals surface area contributed by atoms with Crippen LogP contribution in [0.25, 0.3) is 0 Å². The Morgan fingerprint density at radius 1 is 1.35 bits per heavy atom. The lowest BCUT2D eigenvalue weighted by Crippen LogP contribution is -2.36. The molecule has 0 spiro atoms. The van der Waals surface area contributed by atoms with Gasteiger partial charge in [0.2, 0.25) is 0 Å². The summed E-state index contributed by atoms with van der Waals surface area (Å²) in [6.07, 6.45) is 3.09. The Hall–Kier alpha value is -1.98. The highest BCUT2D eigenvalue weighted by Crippen LogP contribution is 2.27. The summed E-state index contributed by atoms with van der Waals surface area (Å²) in [5, 5.41) is 3.59. The molecule has 0 bridgehead atoms. The zero-order valence-corrected chi connectivity index (χ0v) is 14.0. The fourth-order valence-corrected chi connectivity index (χ4v) is 2.20. The lowest BCUT2D eigenvalue weighted by Gasteiger charge is -2.15. The molecule has 2 aromatic rings. The number of hydrogen-bond acceptors (Lipinski definition) is 4. The Labute approximate surface area is 144 Å². The van der Waals surface area contributed by atoms with Crippen molar-refractivity contribution in [3.63, 3.8) is 0 Å². The van der Waals surface area contributed by atoms with Crippen molar-refractivity contribution >= 4 is 29.1 Å². The molecule has 0 aliphatic carbocycles. The van der Waals surface area contributed by atoms with Crippen LogP contribution in [0.15, 0.2) is 42.7 Å². The number of aromatic nitrogens is 1. The highest BCUT2D eigenvalue weighted by Gasteiger charge is 2.09. The number of pyridine rings is 1. The lowest BCUT2D eigenvalue weighted by atomic mass is 10.3. The Bertz CT molecular complexity index is 653. The van der Waals surface area contributed by atoms with E-state index in [4.69, 9.17) is 32.7 Å². The van der Waals surface area contributed by atoms with Crippen molar-refractivity contribution in [1.82, 2.24) is 10.3 Å². The highest BCUT2D eigenvalue weighted by molar-refractivity contribution is 6.35. The van der Waals surface area contributed by atoms with Gasteiger partial charge < -0.3 is 14.8 Å². The molecule has 2 rings (SSSR count). The van der Waals surface area contributed by atoms with E-state index in [2.05, 4.69) is 10.3 Å². The van der Waals surface area contributed by atoms with E-state index in [1.165, 1.54) is 0 Å². The summed E-state index contributed by atoms with van der Waals surface area (Å²) in [6.45, 7) is 2.07. The van der Waals surface area contributed by atoms with Crippen molar-refractivity contribution in [1.29, 1.82) is 0 Å². The number of nitrogens with zero attached hydrogens (tertiary/aromatic N) is 1. The second-order valence-corrected chi connectivity index (χ2v) is 5.63. The summed E-state index contributed by atoms with van der Waals surface area (Å²) in [6, 6.07) is 8.40. The van der Waals surface area contributed by atoms with Crippen molar-refractivity contribution < 1.29 is 14.3 Å². The summed E-state index contributed by atoms with van der Waals surface area (Å²) < 4.78 is 11.0. The van der Waals surface area contributed by atoms with Crippen molar-refractivity contribution in [2.45, 2.75) is 13.0 Å². The first kappa shape index (κ1) is 17.4. The van der Waals surface area contributed by atoms with Crippen molar-refractivity contribution in [3.8, 4) is 11.5 Å². The van der Waals surface area contributed by atoms with E-state index >= 15 is 0 Å². The predicted octanol–water partition coefficient (Wildman–Crippen LogP) is 3.35. The molecule has 1 atom stereocenters. The molecular weight excluding hydrogens is 339 g/mol. The van der Waals surface area contributed by atoms with Gasteiger partial charge in [-0.25, -0.2) is 0 Å². The van der Waals surface area contributed by atoms with Gasteiger partial charge in [0.15, 0.2) is 6.61 Å². The fraction of sp³-hybridized carbons (Fsp3) is 0.250. The third-order valence-corrected chi connectivity index (χ3v) is 3.34. The maximum atomic E-state index is 11.8. The summed E-state index contributed by atoms with van der Waals surface area (Å²) >= 11 is 11.8. The molecule has 0 radical (unpaired) electrons. The molecule has 23 heavy (non-hydrogen) atoms. The van der Waals surface area contributed by atoms with Gasteiger partial charge in [-0.15, -0.1) is 0 Å². The van der Waals surface area contributed by atoms with Crippen LogP contribution in [0.5, 0.6) is 11.5 Å². The maximum absolute atomic E-state index is 11.8. The smallest absolute Gasteiger partial charge is 0.258 e. The van der Waals surface area contributed by atoms with Crippen LogP contribution in [0, 0.1) is 0 Å². The van der Waals surface area contributed by atoms with Crippen molar-refractivity contribution in [2.75, 3.05) is 13.2 Å².